The van der Waals surface area contributed by atoms with E-state index in [1.165, 1.54) is 29.5 Å². The Morgan fingerprint density at radius 2 is 2.15 bits per heavy atom. The van der Waals surface area contributed by atoms with Crippen LogP contribution in [0.1, 0.15) is 27.6 Å². The van der Waals surface area contributed by atoms with Gasteiger partial charge < -0.3 is 10.1 Å². The normalized spacial score (nSPS) is 10.1. The molecule has 1 heterocycles. The number of esters is 1. The molecule has 0 unspecified atom stereocenters. The highest BCUT2D eigenvalue weighted by Crippen LogP contribution is 2.24. The van der Waals surface area contributed by atoms with Gasteiger partial charge in [0.25, 0.3) is 5.91 Å². The van der Waals surface area contributed by atoms with Gasteiger partial charge in [-0.25, -0.2) is 9.18 Å². The van der Waals surface area contributed by atoms with Crippen LogP contribution >= 0.6 is 11.3 Å². The fourth-order valence-electron chi connectivity index (χ4n) is 1.58. The first-order valence-electron chi connectivity index (χ1n) is 5.93. The van der Waals surface area contributed by atoms with Crippen molar-refractivity contribution in [2.75, 3.05) is 11.9 Å². The van der Waals surface area contributed by atoms with Gasteiger partial charge in [0, 0.05) is 5.56 Å². The summed E-state index contributed by atoms with van der Waals surface area (Å²) in [4.78, 5) is 23.6. The first kappa shape index (κ1) is 14.2. The number of halogens is 1. The lowest BCUT2D eigenvalue weighted by Gasteiger charge is -2.06. The van der Waals surface area contributed by atoms with Crippen molar-refractivity contribution < 1.29 is 18.7 Å². The molecule has 0 saturated heterocycles. The van der Waals surface area contributed by atoms with Gasteiger partial charge in [-0.1, -0.05) is 6.07 Å². The molecule has 0 aliphatic carbocycles. The van der Waals surface area contributed by atoms with Gasteiger partial charge >= 0.3 is 5.97 Å². The van der Waals surface area contributed by atoms with Crippen molar-refractivity contribution in [3.8, 4) is 0 Å². The van der Waals surface area contributed by atoms with Crippen LogP contribution in [0.3, 0.4) is 0 Å². The number of ether oxygens (including phenoxy) is 1. The lowest BCUT2D eigenvalue weighted by atomic mass is 10.2. The summed E-state index contributed by atoms with van der Waals surface area (Å²) < 4.78 is 18.0. The predicted octanol–water partition coefficient (Wildman–Crippen LogP) is 3.32. The van der Waals surface area contributed by atoms with E-state index in [0.29, 0.717) is 10.6 Å². The number of carbonyl (C=O) groups is 2. The molecule has 2 aromatic rings. The molecule has 2 rings (SSSR count). The maximum Gasteiger partial charge on any atom is 0.341 e. The molecule has 0 radical (unpaired) electrons. The van der Waals surface area contributed by atoms with Gasteiger partial charge in [0.05, 0.1) is 12.2 Å². The highest BCUT2D eigenvalue weighted by molar-refractivity contribution is 7.14. The molecule has 6 heteroatoms. The van der Waals surface area contributed by atoms with E-state index in [4.69, 9.17) is 4.74 Å². The summed E-state index contributed by atoms with van der Waals surface area (Å²) in [6.07, 6.45) is 0. The Kier molecular flexibility index (Phi) is 4.47. The molecule has 0 atom stereocenters. The van der Waals surface area contributed by atoms with Crippen LogP contribution in [0, 0.1) is 5.82 Å². The van der Waals surface area contributed by atoms with E-state index in [0.717, 1.165) is 6.07 Å². The van der Waals surface area contributed by atoms with Gasteiger partial charge in [0.1, 0.15) is 10.8 Å². The molecule has 4 nitrogen and oxygen atoms in total. The monoisotopic (exact) mass is 293 g/mol. The van der Waals surface area contributed by atoms with Gasteiger partial charge in [-0.2, -0.15) is 0 Å². The third-order valence-electron chi connectivity index (χ3n) is 2.47. The molecule has 0 spiro atoms. The van der Waals surface area contributed by atoms with Crippen molar-refractivity contribution in [2.24, 2.45) is 0 Å². The highest BCUT2D eigenvalue weighted by atomic mass is 32.1. The summed E-state index contributed by atoms with van der Waals surface area (Å²) >= 11 is 1.20. The minimum atomic E-state index is -0.497. The van der Waals surface area contributed by atoms with Crippen LogP contribution in [0.25, 0.3) is 0 Å². The largest absolute Gasteiger partial charge is 0.462 e. The minimum Gasteiger partial charge on any atom is -0.462 e. The Hall–Kier alpha value is -2.21. The zero-order valence-electron chi connectivity index (χ0n) is 10.7. The van der Waals surface area contributed by atoms with E-state index < -0.39 is 17.7 Å². The Morgan fingerprint density at radius 1 is 1.35 bits per heavy atom. The molecule has 0 saturated carbocycles. The summed E-state index contributed by atoms with van der Waals surface area (Å²) in [6.45, 7) is 1.96. The van der Waals surface area contributed by atoms with Crippen molar-refractivity contribution >= 4 is 28.2 Å². The average Bonchev–Trinajstić information content (AvgIpc) is 2.87. The molecule has 1 amide bonds. The molecule has 20 heavy (non-hydrogen) atoms. The first-order valence-corrected chi connectivity index (χ1v) is 6.81. The van der Waals surface area contributed by atoms with Crippen LogP contribution in [0.15, 0.2) is 35.7 Å². The Bertz CT molecular complexity index is 639. The van der Waals surface area contributed by atoms with Crippen molar-refractivity contribution in [2.45, 2.75) is 6.92 Å². The standard InChI is InChI=1S/C14H12FNO3S/c1-2-19-14(18)11-6-7-20-13(11)16-12(17)9-4-3-5-10(15)8-9/h3-8H,2H2,1H3,(H,16,17). The summed E-state index contributed by atoms with van der Waals surface area (Å²) in [6, 6.07) is 6.91. The maximum absolute atomic E-state index is 13.1. The molecule has 1 aromatic carbocycles. The molecular formula is C14H12FNO3S. The number of anilines is 1. The number of benzene rings is 1. The lowest BCUT2D eigenvalue weighted by Crippen LogP contribution is -2.14. The van der Waals surface area contributed by atoms with Gasteiger partial charge in [-0.3, -0.25) is 4.79 Å². The number of nitrogens with one attached hydrogen (secondary N) is 1. The third kappa shape index (κ3) is 3.21. The number of rotatable bonds is 4. The van der Waals surface area contributed by atoms with E-state index in [-0.39, 0.29) is 12.2 Å². The number of hydrogen-bond donors (Lipinski definition) is 1. The SMILES string of the molecule is CCOC(=O)c1ccsc1NC(=O)c1cccc(F)c1. The Balaban J connectivity index is 2.16. The van der Waals surface area contributed by atoms with Crippen molar-refractivity contribution in [1.29, 1.82) is 0 Å². The van der Waals surface area contributed by atoms with Gasteiger partial charge in [-0.05, 0) is 36.6 Å². The summed E-state index contributed by atoms with van der Waals surface area (Å²) in [5.41, 5.74) is 0.481. The van der Waals surface area contributed by atoms with Crippen molar-refractivity contribution in [3.05, 3.63) is 52.7 Å². The van der Waals surface area contributed by atoms with Crippen LogP contribution < -0.4 is 5.32 Å². The topological polar surface area (TPSA) is 55.4 Å². The molecule has 0 fully saturated rings. The predicted molar refractivity (Wildman–Crippen MR) is 74.6 cm³/mol. The van der Waals surface area contributed by atoms with Gasteiger partial charge in [-0.15, -0.1) is 11.3 Å². The molecule has 0 bridgehead atoms. The second kappa shape index (κ2) is 6.29. The van der Waals surface area contributed by atoms with Crippen LogP contribution in [-0.4, -0.2) is 18.5 Å². The summed E-state index contributed by atoms with van der Waals surface area (Å²) in [5.74, 6) is -1.46. The van der Waals surface area contributed by atoms with Crippen molar-refractivity contribution in [3.63, 3.8) is 0 Å². The lowest BCUT2D eigenvalue weighted by molar-refractivity contribution is 0.0528. The zero-order chi connectivity index (χ0) is 14.5. The zero-order valence-corrected chi connectivity index (χ0v) is 11.5. The second-order valence-electron chi connectivity index (χ2n) is 3.85. The number of amides is 1. The number of hydrogen-bond acceptors (Lipinski definition) is 4. The Labute approximate surface area is 119 Å². The molecule has 1 aromatic heterocycles. The molecule has 0 aliphatic rings. The third-order valence-corrected chi connectivity index (χ3v) is 3.30. The fraction of sp³-hybridized carbons (Fsp3) is 0.143. The highest BCUT2D eigenvalue weighted by Gasteiger charge is 2.16. The summed E-state index contributed by atoms with van der Waals surface area (Å²) in [5, 5.41) is 4.65. The number of thiophene rings is 1. The van der Waals surface area contributed by atoms with Crippen molar-refractivity contribution in [1.82, 2.24) is 0 Å². The second-order valence-corrected chi connectivity index (χ2v) is 4.76. The fourth-order valence-corrected chi connectivity index (χ4v) is 2.35. The molecular weight excluding hydrogens is 281 g/mol. The first-order chi connectivity index (χ1) is 9.61. The summed E-state index contributed by atoms with van der Waals surface area (Å²) in [7, 11) is 0. The minimum absolute atomic E-state index is 0.188. The van der Waals surface area contributed by atoms with E-state index in [1.807, 2.05) is 0 Å². The maximum atomic E-state index is 13.1. The van der Waals surface area contributed by atoms with Crippen LogP contribution in [-0.2, 0) is 4.74 Å². The van der Waals surface area contributed by atoms with E-state index in [1.54, 1.807) is 18.4 Å². The van der Waals surface area contributed by atoms with Crippen LogP contribution in [0.5, 0.6) is 0 Å². The quantitative estimate of drug-likeness (QED) is 0.880. The van der Waals surface area contributed by atoms with Crippen LogP contribution in [0.4, 0.5) is 9.39 Å². The Morgan fingerprint density at radius 3 is 2.85 bits per heavy atom. The molecule has 1 N–H and O–H groups in total. The van der Waals surface area contributed by atoms with Gasteiger partial charge in [0.2, 0.25) is 0 Å². The van der Waals surface area contributed by atoms with E-state index >= 15 is 0 Å². The van der Waals surface area contributed by atoms with E-state index in [9.17, 15) is 14.0 Å². The molecule has 0 aliphatic heterocycles. The number of carbonyl (C=O) groups excluding carboxylic acids is 2. The smallest absolute Gasteiger partial charge is 0.341 e. The van der Waals surface area contributed by atoms with Crippen LogP contribution in [0.2, 0.25) is 0 Å². The van der Waals surface area contributed by atoms with Gasteiger partial charge in [0.15, 0.2) is 0 Å². The molecule has 104 valence electrons. The average molecular weight is 293 g/mol. The van der Waals surface area contributed by atoms with E-state index in [2.05, 4.69) is 5.32 Å².